The van der Waals surface area contributed by atoms with Gasteiger partial charge in [-0.1, -0.05) is 6.92 Å². The zero-order valence-electron chi connectivity index (χ0n) is 10.6. The van der Waals surface area contributed by atoms with Gasteiger partial charge in [-0.25, -0.2) is 8.78 Å². The smallest absolute Gasteiger partial charge is 0.126 e. The molecule has 0 saturated carbocycles. The molecule has 0 amide bonds. The summed E-state index contributed by atoms with van der Waals surface area (Å²) in [5.74, 6) is -1.29. The van der Waals surface area contributed by atoms with E-state index in [9.17, 15) is 19.0 Å². The third-order valence-corrected chi connectivity index (χ3v) is 3.19. The molecule has 18 heavy (non-hydrogen) atoms. The maximum absolute atomic E-state index is 13.1. The van der Waals surface area contributed by atoms with E-state index in [1.807, 2.05) is 6.92 Å². The first-order chi connectivity index (χ1) is 8.46. The van der Waals surface area contributed by atoms with Crippen LogP contribution in [0.1, 0.15) is 31.9 Å². The second kappa shape index (κ2) is 6.22. The molecule has 3 N–H and O–H groups in total. The average molecular weight is 259 g/mol. The van der Waals surface area contributed by atoms with Crippen molar-refractivity contribution >= 4 is 0 Å². The number of nitrogens with one attached hydrogen (secondary N) is 1. The van der Waals surface area contributed by atoms with Crippen LogP contribution >= 0.6 is 0 Å². The Balaban J connectivity index is 2.90. The third kappa shape index (κ3) is 3.48. The van der Waals surface area contributed by atoms with Gasteiger partial charge in [0.05, 0.1) is 18.8 Å². The molecule has 0 radical (unpaired) electrons. The molecule has 3 nitrogen and oxygen atoms in total. The number of hydrogen-bond acceptors (Lipinski definition) is 3. The lowest BCUT2D eigenvalue weighted by molar-refractivity contribution is 0.0792. The largest absolute Gasteiger partial charge is 0.394 e. The second-order valence-electron chi connectivity index (χ2n) is 4.52. The topological polar surface area (TPSA) is 52.5 Å². The van der Waals surface area contributed by atoms with Crippen LogP contribution in [0, 0.1) is 11.6 Å². The Kier molecular flexibility index (Phi) is 5.19. The highest BCUT2D eigenvalue weighted by Crippen LogP contribution is 2.20. The lowest BCUT2D eigenvalue weighted by atomic mass is 9.95. The Bertz CT molecular complexity index is 366. The second-order valence-corrected chi connectivity index (χ2v) is 4.52. The molecule has 5 heteroatoms. The fourth-order valence-corrected chi connectivity index (χ4v) is 1.83. The summed E-state index contributed by atoms with van der Waals surface area (Å²) >= 11 is 0. The molecule has 1 atom stereocenters. The van der Waals surface area contributed by atoms with E-state index >= 15 is 0 Å². The maximum Gasteiger partial charge on any atom is 0.126 e. The minimum atomic E-state index is -0.845. The van der Waals surface area contributed by atoms with Crippen LogP contribution in [0.4, 0.5) is 8.78 Å². The molecule has 0 aliphatic carbocycles. The quantitative estimate of drug-likeness (QED) is 0.729. The first-order valence-corrected chi connectivity index (χ1v) is 5.91. The van der Waals surface area contributed by atoms with Gasteiger partial charge < -0.3 is 15.5 Å². The minimum Gasteiger partial charge on any atom is -0.394 e. The molecule has 0 aliphatic heterocycles. The summed E-state index contributed by atoms with van der Waals surface area (Å²) < 4.78 is 26.2. The van der Waals surface area contributed by atoms with Crippen molar-refractivity contribution in [2.45, 2.75) is 31.8 Å². The van der Waals surface area contributed by atoms with Gasteiger partial charge in [0.15, 0.2) is 0 Å². The van der Waals surface area contributed by atoms with E-state index in [2.05, 4.69) is 5.32 Å². The summed E-state index contributed by atoms with van der Waals surface area (Å²) in [5.41, 5.74) is -0.408. The number of halogens is 2. The number of benzene rings is 1. The summed E-state index contributed by atoms with van der Waals surface area (Å²) in [4.78, 5) is 0. The maximum atomic E-state index is 13.1. The molecule has 0 aromatic heterocycles. The lowest BCUT2D eigenvalue weighted by Gasteiger charge is -2.33. The SMILES string of the molecule is CCC(CO)(CO)NC(C)c1cc(F)cc(F)c1. The minimum absolute atomic E-state index is 0.248. The van der Waals surface area contributed by atoms with Gasteiger partial charge in [0.2, 0.25) is 0 Å². The molecule has 102 valence electrons. The highest BCUT2D eigenvalue weighted by molar-refractivity contribution is 5.21. The van der Waals surface area contributed by atoms with Gasteiger partial charge >= 0.3 is 0 Å². The Morgan fingerprint density at radius 2 is 1.67 bits per heavy atom. The molecular formula is C13H19F2NO2. The monoisotopic (exact) mass is 259 g/mol. The molecule has 0 saturated heterocycles. The number of hydrogen-bond donors (Lipinski definition) is 3. The van der Waals surface area contributed by atoms with E-state index in [1.165, 1.54) is 12.1 Å². The van der Waals surface area contributed by atoms with E-state index in [-0.39, 0.29) is 19.3 Å². The van der Waals surface area contributed by atoms with E-state index in [4.69, 9.17) is 0 Å². The summed E-state index contributed by atoms with van der Waals surface area (Å²) in [5, 5.41) is 21.6. The molecule has 0 heterocycles. The van der Waals surface area contributed by atoms with Crippen LogP contribution in [0.2, 0.25) is 0 Å². The van der Waals surface area contributed by atoms with Crippen LogP contribution in [-0.2, 0) is 0 Å². The van der Waals surface area contributed by atoms with E-state index < -0.39 is 17.2 Å². The predicted octanol–water partition coefficient (Wildman–Crippen LogP) is 1.75. The van der Waals surface area contributed by atoms with Crippen LogP contribution in [0.15, 0.2) is 18.2 Å². The van der Waals surface area contributed by atoms with Gasteiger partial charge in [0.1, 0.15) is 11.6 Å². The number of aliphatic hydroxyl groups is 2. The molecule has 0 spiro atoms. The van der Waals surface area contributed by atoms with Crippen molar-refractivity contribution < 1.29 is 19.0 Å². The van der Waals surface area contributed by atoms with Gasteiger partial charge in [0.25, 0.3) is 0 Å². The Labute approximate surface area is 105 Å². The van der Waals surface area contributed by atoms with E-state index in [0.717, 1.165) is 6.07 Å². The average Bonchev–Trinajstić information content (AvgIpc) is 2.35. The van der Waals surface area contributed by atoms with Gasteiger partial charge in [-0.05, 0) is 31.0 Å². The zero-order chi connectivity index (χ0) is 13.8. The zero-order valence-corrected chi connectivity index (χ0v) is 10.6. The van der Waals surface area contributed by atoms with Crippen LogP contribution < -0.4 is 5.32 Å². The van der Waals surface area contributed by atoms with Crippen LogP contribution in [0.25, 0.3) is 0 Å². The van der Waals surface area contributed by atoms with Crippen molar-refractivity contribution in [3.63, 3.8) is 0 Å². The highest BCUT2D eigenvalue weighted by atomic mass is 19.1. The molecule has 1 aromatic carbocycles. The first kappa shape index (κ1) is 15.0. The molecule has 0 fully saturated rings. The Morgan fingerprint density at radius 3 is 2.06 bits per heavy atom. The molecule has 1 unspecified atom stereocenters. The fourth-order valence-electron chi connectivity index (χ4n) is 1.83. The van der Waals surface area contributed by atoms with Gasteiger partial charge in [-0.3, -0.25) is 0 Å². The molecule has 0 aliphatic rings. The van der Waals surface area contributed by atoms with Crippen molar-refractivity contribution in [3.8, 4) is 0 Å². The normalized spacial score (nSPS) is 13.7. The summed E-state index contributed by atoms with van der Waals surface area (Å²) in [7, 11) is 0. The van der Waals surface area contributed by atoms with Crippen molar-refractivity contribution in [2.24, 2.45) is 0 Å². The number of rotatable bonds is 6. The summed E-state index contributed by atoms with van der Waals surface area (Å²) in [6.07, 6.45) is 0.502. The van der Waals surface area contributed by atoms with Crippen LogP contribution in [-0.4, -0.2) is 29.0 Å². The lowest BCUT2D eigenvalue weighted by Crippen LogP contribution is -2.52. The van der Waals surface area contributed by atoms with E-state index in [0.29, 0.717) is 12.0 Å². The van der Waals surface area contributed by atoms with Crippen molar-refractivity contribution in [1.29, 1.82) is 0 Å². The van der Waals surface area contributed by atoms with Crippen LogP contribution in [0.3, 0.4) is 0 Å². The molecule has 1 rings (SSSR count). The van der Waals surface area contributed by atoms with Crippen molar-refractivity contribution in [3.05, 3.63) is 35.4 Å². The third-order valence-electron chi connectivity index (χ3n) is 3.19. The summed E-state index contributed by atoms with van der Waals surface area (Å²) in [6, 6.07) is 2.89. The predicted molar refractivity (Wildman–Crippen MR) is 65.1 cm³/mol. The number of aliphatic hydroxyl groups excluding tert-OH is 2. The standard InChI is InChI=1S/C13H19F2NO2/c1-3-13(7-17,8-18)16-9(2)10-4-11(14)6-12(15)5-10/h4-6,9,16-18H,3,7-8H2,1-2H3. The van der Waals surface area contributed by atoms with Crippen LogP contribution in [0.5, 0.6) is 0 Å². The van der Waals surface area contributed by atoms with Gasteiger partial charge in [0, 0.05) is 12.1 Å². The van der Waals surface area contributed by atoms with E-state index in [1.54, 1.807) is 6.92 Å². The van der Waals surface area contributed by atoms with Crippen molar-refractivity contribution in [2.75, 3.05) is 13.2 Å². The summed E-state index contributed by atoms with van der Waals surface area (Å²) in [6.45, 7) is 3.05. The molecular weight excluding hydrogens is 240 g/mol. The first-order valence-electron chi connectivity index (χ1n) is 5.91. The Morgan fingerprint density at radius 1 is 1.17 bits per heavy atom. The van der Waals surface area contributed by atoms with Gasteiger partial charge in [-0.15, -0.1) is 0 Å². The van der Waals surface area contributed by atoms with Crippen molar-refractivity contribution in [1.82, 2.24) is 5.32 Å². The highest BCUT2D eigenvalue weighted by Gasteiger charge is 2.28. The van der Waals surface area contributed by atoms with Gasteiger partial charge in [-0.2, -0.15) is 0 Å². The fraction of sp³-hybridized carbons (Fsp3) is 0.538. The Hall–Kier alpha value is -1.04. The molecule has 0 bridgehead atoms. The molecule has 1 aromatic rings.